The van der Waals surface area contributed by atoms with Gasteiger partial charge in [-0.15, -0.1) is 0 Å². The van der Waals surface area contributed by atoms with Gasteiger partial charge in [0.15, 0.2) is 0 Å². The van der Waals surface area contributed by atoms with E-state index in [1.54, 1.807) is 12.1 Å². The van der Waals surface area contributed by atoms with Crippen molar-refractivity contribution in [1.82, 2.24) is 9.55 Å². The molecule has 0 aliphatic carbocycles. The van der Waals surface area contributed by atoms with Gasteiger partial charge in [0.2, 0.25) is 17.7 Å². The van der Waals surface area contributed by atoms with Crippen LogP contribution in [0, 0.1) is 5.92 Å². The van der Waals surface area contributed by atoms with E-state index in [2.05, 4.69) is 10.3 Å². The molecule has 1 saturated heterocycles. The zero-order chi connectivity index (χ0) is 32.3. The molecule has 1 fully saturated rings. The van der Waals surface area contributed by atoms with Crippen molar-refractivity contribution >= 4 is 52.2 Å². The molecule has 2 aliphatic rings. The normalized spacial score (nSPS) is 19.8. The van der Waals surface area contributed by atoms with Gasteiger partial charge in [-0.3, -0.25) is 28.7 Å². The Morgan fingerprint density at radius 1 is 0.867 bits per heavy atom. The van der Waals surface area contributed by atoms with Crippen LogP contribution in [0.4, 0.5) is 37.7 Å². The Morgan fingerprint density at radius 2 is 1.53 bits per heavy atom. The van der Waals surface area contributed by atoms with Crippen LogP contribution in [-0.2, 0) is 33.3 Å². The fourth-order valence-electron chi connectivity index (χ4n) is 5.49. The van der Waals surface area contributed by atoms with Crippen LogP contribution in [0.1, 0.15) is 27.5 Å². The molecule has 0 spiro atoms. The van der Waals surface area contributed by atoms with Gasteiger partial charge in [0.25, 0.3) is 0 Å². The average molecular weight is 665 g/mol. The standard InChI is InChI=1S/C29H18F6N4O4S2/c30-28(31,32)15-7-1-3-9-17(15)37-19(40)13-38-26-23(45-27(38)43)20(14-6-5-11-36-12-14)21-22(44-26)25(42)39(24(21)41)18-10-4-2-8-16(18)29(33,34)35/h1-12,20-22H,13H2,(H,37,40)/t20-,21-,22+/m0/s1. The third-order valence-corrected chi connectivity index (χ3v) is 9.96. The summed E-state index contributed by atoms with van der Waals surface area (Å²) in [4.78, 5) is 58.0. The summed E-state index contributed by atoms with van der Waals surface area (Å²) in [6, 6.07) is 11.6. The predicted octanol–water partition coefficient (Wildman–Crippen LogP) is 5.78. The number of anilines is 2. The largest absolute Gasteiger partial charge is 0.418 e. The Kier molecular flexibility index (Phi) is 7.59. The Bertz CT molecular complexity index is 1890. The van der Waals surface area contributed by atoms with Crippen LogP contribution >= 0.6 is 23.1 Å². The van der Waals surface area contributed by atoms with E-state index in [1.165, 1.54) is 24.5 Å². The number of hydrogen-bond acceptors (Lipinski definition) is 7. The molecule has 8 nitrogen and oxygen atoms in total. The zero-order valence-electron chi connectivity index (χ0n) is 22.4. The Hall–Kier alpha value is -4.44. The van der Waals surface area contributed by atoms with Gasteiger partial charge in [-0.2, -0.15) is 26.3 Å². The predicted molar refractivity (Wildman–Crippen MR) is 152 cm³/mol. The molecule has 4 heterocycles. The van der Waals surface area contributed by atoms with Crippen molar-refractivity contribution in [2.75, 3.05) is 10.2 Å². The van der Waals surface area contributed by atoms with Gasteiger partial charge in [0.1, 0.15) is 11.8 Å². The molecular weight excluding hydrogens is 646 g/mol. The number of nitrogens with zero attached hydrogens (tertiary/aromatic N) is 3. The molecule has 2 aromatic heterocycles. The SMILES string of the molecule is O=C(Cn1c2c(sc1=O)[C@@H](c1cccnc1)[C@@H]1C(=O)N(c3ccccc3C(F)(F)F)C(=O)[C@@H]1S2)Nc1ccccc1C(F)(F)F. The van der Waals surface area contributed by atoms with Crippen molar-refractivity contribution in [3.63, 3.8) is 0 Å². The van der Waals surface area contributed by atoms with Crippen LogP contribution in [0.3, 0.4) is 0 Å². The maximum atomic E-state index is 13.9. The van der Waals surface area contributed by atoms with Crippen molar-refractivity contribution < 1.29 is 40.7 Å². The van der Waals surface area contributed by atoms with Crippen molar-refractivity contribution in [3.05, 3.63) is 104 Å². The Morgan fingerprint density at radius 3 is 2.20 bits per heavy atom. The first-order valence-electron chi connectivity index (χ1n) is 13.1. The minimum absolute atomic E-state index is 0.103. The molecule has 45 heavy (non-hydrogen) atoms. The topological polar surface area (TPSA) is 101 Å². The number of pyridine rings is 1. The van der Waals surface area contributed by atoms with E-state index >= 15 is 0 Å². The highest BCUT2D eigenvalue weighted by Gasteiger charge is 2.58. The van der Waals surface area contributed by atoms with Crippen molar-refractivity contribution in [2.24, 2.45) is 5.92 Å². The van der Waals surface area contributed by atoms with Crippen LogP contribution in [0.5, 0.6) is 0 Å². The zero-order valence-corrected chi connectivity index (χ0v) is 24.1. The molecule has 2 aromatic carbocycles. The summed E-state index contributed by atoms with van der Waals surface area (Å²) >= 11 is 1.42. The first-order chi connectivity index (χ1) is 21.3. The summed E-state index contributed by atoms with van der Waals surface area (Å²) in [5, 5.41) is 0.991. The summed E-state index contributed by atoms with van der Waals surface area (Å²) in [6.07, 6.45) is -6.79. The molecule has 2 aliphatic heterocycles. The fraction of sp³-hybridized carbons (Fsp3) is 0.207. The van der Waals surface area contributed by atoms with Gasteiger partial charge < -0.3 is 5.32 Å². The summed E-state index contributed by atoms with van der Waals surface area (Å²) in [5.74, 6) is -5.03. The highest BCUT2D eigenvalue weighted by Crippen LogP contribution is 2.54. The summed E-state index contributed by atoms with van der Waals surface area (Å²) in [5.41, 5.74) is -3.04. The van der Waals surface area contributed by atoms with E-state index in [-0.39, 0.29) is 9.90 Å². The average Bonchev–Trinajstić information content (AvgIpc) is 3.43. The summed E-state index contributed by atoms with van der Waals surface area (Å²) in [7, 11) is 0. The van der Waals surface area contributed by atoms with E-state index in [9.17, 15) is 45.5 Å². The number of amides is 3. The quantitative estimate of drug-likeness (QED) is 0.215. The van der Waals surface area contributed by atoms with Gasteiger partial charge in [0, 0.05) is 23.2 Å². The van der Waals surface area contributed by atoms with E-state index in [1.807, 2.05) is 0 Å². The maximum Gasteiger partial charge on any atom is 0.418 e. The number of alkyl halides is 6. The molecule has 16 heteroatoms. The molecule has 6 rings (SSSR count). The number of hydrogen-bond donors (Lipinski definition) is 1. The van der Waals surface area contributed by atoms with Crippen LogP contribution in [0.15, 0.2) is 82.9 Å². The number of para-hydroxylation sites is 2. The second kappa shape index (κ2) is 11.2. The number of halogens is 6. The second-order valence-electron chi connectivity index (χ2n) is 10.1. The molecule has 0 saturated carbocycles. The fourth-order valence-corrected chi connectivity index (χ4v) is 8.27. The number of thiazole rings is 1. The van der Waals surface area contributed by atoms with E-state index in [0.717, 1.165) is 52.7 Å². The molecule has 3 amide bonds. The van der Waals surface area contributed by atoms with Gasteiger partial charge in [-0.05, 0) is 35.9 Å². The minimum atomic E-state index is -4.88. The van der Waals surface area contributed by atoms with Gasteiger partial charge in [0.05, 0.1) is 33.4 Å². The molecule has 4 aromatic rings. The molecule has 0 bridgehead atoms. The molecule has 232 valence electrons. The van der Waals surface area contributed by atoms with Crippen LogP contribution in [0.2, 0.25) is 0 Å². The van der Waals surface area contributed by atoms with Crippen LogP contribution < -0.4 is 15.1 Å². The number of nitrogens with one attached hydrogen (secondary N) is 1. The molecule has 1 N–H and O–H groups in total. The molecular formula is C29H18F6N4O4S2. The highest BCUT2D eigenvalue weighted by molar-refractivity contribution is 8.00. The van der Waals surface area contributed by atoms with Crippen molar-refractivity contribution in [1.29, 1.82) is 0 Å². The monoisotopic (exact) mass is 664 g/mol. The third-order valence-electron chi connectivity index (χ3n) is 7.35. The number of benzene rings is 2. The lowest BCUT2D eigenvalue weighted by Gasteiger charge is -2.30. The number of imide groups is 1. The van der Waals surface area contributed by atoms with Crippen molar-refractivity contribution in [3.8, 4) is 0 Å². The van der Waals surface area contributed by atoms with Gasteiger partial charge >= 0.3 is 17.2 Å². The number of aromatic nitrogens is 2. The number of thioether (sulfide) groups is 1. The Balaban J connectivity index is 1.41. The van der Waals surface area contributed by atoms with Crippen LogP contribution in [-0.4, -0.2) is 32.5 Å². The lowest BCUT2D eigenvalue weighted by Crippen LogP contribution is -2.33. The Labute approximate surface area is 257 Å². The van der Waals surface area contributed by atoms with E-state index in [0.29, 0.717) is 21.8 Å². The first-order valence-corrected chi connectivity index (χ1v) is 14.8. The lowest BCUT2D eigenvalue weighted by atomic mass is 9.84. The first kappa shape index (κ1) is 30.6. The van der Waals surface area contributed by atoms with Crippen LogP contribution in [0.25, 0.3) is 0 Å². The molecule has 0 radical (unpaired) electrons. The smallest absolute Gasteiger partial charge is 0.324 e. The molecule has 0 unspecified atom stereocenters. The number of rotatable bonds is 5. The van der Waals surface area contributed by atoms with Gasteiger partial charge in [-0.25, -0.2) is 4.90 Å². The summed E-state index contributed by atoms with van der Waals surface area (Å²) in [6.45, 7) is -0.732. The lowest BCUT2D eigenvalue weighted by molar-refractivity contribution is -0.138. The number of carbonyl (C=O) groups is 3. The number of carbonyl (C=O) groups excluding carboxylic acids is 3. The maximum absolute atomic E-state index is 13.9. The number of fused-ring (bicyclic) bond motifs is 2. The third kappa shape index (κ3) is 5.41. The second-order valence-corrected chi connectivity index (χ2v) is 12.2. The van der Waals surface area contributed by atoms with Crippen molar-refractivity contribution in [2.45, 2.75) is 35.1 Å². The van der Waals surface area contributed by atoms with E-state index in [4.69, 9.17) is 0 Å². The highest BCUT2D eigenvalue weighted by atomic mass is 32.2. The summed E-state index contributed by atoms with van der Waals surface area (Å²) < 4.78 is 83.1. The van der Waals surface area contributed by atoms with Gasteiger partial charge in [-0.1, -0.05) is 53.4 Å². The van der Waals surface area contributed by atoms with E-state index < -0.39 is 81.1 Å². The minimum Gasteiger partial charge on any atom is -0.324 e. The molecule has 3 atom stereocenters.